The highest BCUT2D eigenvalue weighted by atomic mass is 35.5. The first-order chi connectivity index (χ1) is 12.2. The number of carbonyl (C=O) groups excluding carboxylic acids is 2. The summed E-state index contributed by atoms with van der Waals surface area (Å²) in [7, 11) is 1.25. The summed E-state index contributed by atoms with van der Waals surface area (Å²) in [6.07, 6.45) is 2.18. The molecular formula is C18H14ClN3O3. The number of aldehydes is 1. The van der Waals surface area contributed by atoms with E-state index in [9.17, 15) is 9.59 Å². The topological polar surface area (TPSA) is 80.7 Å². The number of carbonyl (C=O) groups is 2. The van der Waals surface area contributed by atoms with Gasteiger partial charge in [0.25, 0.3) is 0 Å². The van der Waals surface area contributed by atoms with Crippen molar-refractivity contribution in [1.29, 1.82) is 0 Å². The molecule has 0 aliphatic carbocycles. The van der Waals surface area contributed by atoms with Crippen LogP contribution in [0.2, 0.25) is 5.02 Å². The molecule has 3 rings (SSSR count). The van der Waals surface area contributed by atoms with Crippen LogP contribution in [0.15, 0.2) is 64.9 Å². The predicted octanol–water partition coefficient (Wildman–Crippen LogP) is 2.45. The molecule has 1 unspecified atom stereocenters. The lowest BCUT2D eigenvalue weighted by atomic mass is 9.95. The Labute approximate surface area is 149 Å². The molecule has 0 saturated heterocycles. The molecule has 1 N–H and O–H groups in total. The molecule has 0 amide bonds. The van der Waals surface area contributed by atoms with Gasteiger partial charge < -0.3 is 10.1 Å². The zero-order chi connectivity index (χ0) is 17.8. The van der Waals surface area contributed by atoms with Crippen LogP contribution in [-0.2, 0) is 14.3 Å². The van der Waals surface area contributed by atoms with Crippen molar-refractivity contribution >= 4 is 29.7 Å². The summed E-state index contributed by atoms with van der Waals surface area (Å²) >= 11 is 6.29. The number of rotatable bonds is 4. The summed E-state index contributed by atoms with van der Waals surface area (Å²) in [6, 6.07) is 11.6. The van der Waals surface area contributed by atoms with Crippen LogP contribution in [0.5, 0.6) is 0 Å². The van der Waals surface area contributed by atoms with Crippen LogP contribution in [0.4, 0.5) is 0 Å². The Morgan fingerprint density at radius 3 is 2.64 bits per heavy atom. The van der Waals surface area contributed by atoms with E-state index in [1.807, 2.05) is 0 Å². The van der Waals surface area contributed by atoms with Gasteiger partial charge >= 0.3 is 5.97 Å². The minimum atomic E-state index is -0.778. The first-order valence-electron chi connectivity index (χ1n) is 7.44. The van der Waals surface area contributed by atoms with Crippen molar-refractivity contribution in [3.05, 3.63) is 76.2 Å². The van der Waals surface area contributed by atoms with Gasteiger partial charge in [0.05, 0.1) is 18.4 Å². The first kappa shape index (κ1) is 16.9. The fourth-order valence-electron chi connectivity index (χ4n) is 2.55. The van der Waals surface area contributed by atoms with E-state index in [0.29, 0.717) is 28.4 Å². The third-order valence-electron chi connectivity index (χ3n) is 3.71. The maximum Gasteiger partial charge on any atom is 0.338 e. The molecule has 7 heteroatoms. The van der Waals surface area contributed by atoms with Crippen molar-refractivity contribution in [2.24, 2.45) is 4.99 Å². The second-order valence-electron chi connectivity index (χ2n) is 5.18. The predicted molar refractivity (Wildman–Crippen MR) is 93.2 cm³/mol. The minimum Gasteiger partial charge on any atom is -0.466 e. The van der Waals surface area contributed by atoms with Crippen LogP contribution in [0.25, 0.3) is 0 Å². The van der Waals surface area contributed by atoms with Crippen molar-refractivity contribution in [2.75, 3.05) is 7.11 Å². The van der Waals surface area contributed by atoms with Crippen LogP contribution in [0, 0.1) is 0 Å². The highest BCUT2D eigenvalue weighted by Gasteiger charge is 2.33. The van der Waals surface area contributed by atoms with Crippen LogP contribution in [0.1, 0.15) is 17.3 Å². The van der Waals surface area contributed by atoms with Gasteiger partial charge in [-0.2, -0.15) is 0 Å². The molecule has 126 valence electrons. The number of aliphatic imine (C=N–C) groups is 1. The molecule has 25 heavy (non-hydrogen) atoms. The molecule has 1 aromatic carbocycles. The fourth-order valence-corrected chi connectivity index (χ4v) is 2.79. The van der Waals surface area contributed by atoms with E-state index < -0.39 is 12.0 Å². The van der Waals surface area contributed by atoms with Crippen LogP contribution < -0.4 is 5.32 Å². The van der Waals surface area contributed by atoms with Gasteiger partial charge in [0.1, 0.15) is 11.7 Å². The lowest BCUT2D eigenvalue weighted by molar-refractivity contribution is -0.136. The summed E-state index contributed by atoms with van der Waals surface area (Å²) in [5.41, 5.74) is 1.32. The summed E-state index contributed by atoms with van der Waals surface area (Å²) < 4.78 is 4.83. The largest absolute Gasteiger partial charge is 0.466 e. The van der Waals surface area contributed by atoms with Crippen molar-refractivity contribution in [2.45, 2.75) is 6.04 Å². The molecule has 1 aliphatic rings. The maximum atomic E-state index is 12.3. The number of ether oxygens (including phenoxy) is 1. The Morgan fingerprint density at radius 1 is 1.24 bits per heavy atom. The van der Waals surface area contributed by atoms with Gasteiger partial charge in [-0.25, -0.2) is 4.79 Å². The number of allylic oxidation sites excluding steroid dienone is 1. The highest BCUT2D eigenvalue weighted by Crippen LogP contribution is 2.35. The van der Waals surface area contributed by atoms with Gasteiger partial charge in [-0.15, -0.1) is 0 Å². The molecule has 2 aromatic rings. The molecule has 1 aromatic heterocycles. The number of nitrogens with zero attached hydrogens (tertiary/aromatic N) is 2. The van der Waals surface area contributed by atoms with Gasteiger partial charge in [0.15, 0.2) is 12.1 Å². The van der Waals surface area contributed by atoms with Crippen molar-refractivity contribution < 1.29 is 14.3 Å². The van der Waals surface area contributed by atoms with Crippen molar-refractivity contribution in [3.63, 3.8) is 0 Å². The quantitative estimate of drug-likeness (QED) is 0.673. The second kappa shape index (κ2) is 7.27. The molecule has 1 atom stereocenters. The zero-order valence-corrected chi connectivity index (χ0v) is 14.0. The zero-order valence-electron chi connectivity index (χ0n) is 13.3. The normalized spacial score (nSPS) is 16.7. The van der Waals surface area contributed by atoms with Crippen LogP contribution in [0.3, 0.4) is 0 Å². The number of benzene rings is 1. The number of aromatic nitrogens is 1. The van der Waals surface area contributed by atoms with Gasteiger partial charge in [0, 0.05) is 16.8 Å². The molecule has 0 fully saturated rings. The third-order valence-corrected chi connectivity index (χ3v) is 4.05. The third kappa shape index (κ3) is 3.29. The van der Waals surface area contributed by atoms with E-state index in [4.69, 9.17) is 16.3 Å². The van der Waals surface area contributed by atoms with Crippen LogP contribution >= 0.6 is 11.6 Å². The van der Waals surface area contributed by atoms with Gasteiger partial charge in [-0.1, -0.05) is 35.9 Å². The lowest BCUT2D eigenvalue weighted by Crippen LogP contribution is -2.34. The van der Waals surface area contributed by atoms with Gasteiger partial charge in [-0.05, 0) is 18.2 Å². The minimum absolute atomic E-state index is 0.0763. The number of esters is 1. The van der Waals surface area contributed by atoms with Crippen LogP contribution in [-0.4, -0.2) is 30.2 Å². The Kier molecular flexibility index (Phi) is 4.90. The van der Waals surface area contributed by atoms with Gasteiger partial charge in [0.2, 0.25) is 0 Å². The molecule has 6 nitrogen and oxygen atoms in total. The first-order valence-corrected chi connectivity index (χ1v) is 7.81. The number of hydrogen-bond donors (Lipinski definition) is 1. The smallest absolute Gasteiger partial charge is 0.338 e. The molecule has 0 spiro atoms. The monoisotopic (exact) mass is 355 g/mol. The summed E-state index contributed by atoms with van der Waals surface area (Å²) in [6.45, 7) is 0. The second-order valence-corrected chi connectivity index (χ2v) is 5.59. The van der Waals surface area contributed by atoms with Gasteiger partial charge in [-0.3, -0.25) is 14.8 Å². The fraction of sp³-hybridized carbons (Fsp3) is 0.111. The molecule has 0 radical (unpaired) electrons. The molecule has 2 heterocycles. The lowest BCUT2D eigenvalue weighted by Gasteiger charge is -2.25. The SMILES string of the molecule is COC(=O)C1=C(C=O)NC(c2ccccn2)=NC1c1ccccc1Cl. The molecule has 1 aliphatic heterocycles. The standard InChI is InChI=1S/C18H14ClN3O3/c1-25-18(24)15-14(10-23)21-17(13-8-4-5-9-20-13)22-16(15)11-6-2-3-7-12(11)19/h2-10,16H,1H3,(H,21,22). The Bertz CT molecular complexity index is 878. The Morgan fingerprint density at radius 2 is 2.00 bits per heavy atom. The Hall–Kier alpha value is -2.99. The van der Waals surface area contributed by atoms with E-state index in [1.165, 1.54) is 7.11 Å². The summed E-state index contributed by atoms with van der Waals surface area (Å²) in [5, 5.41) is 3.29. The van der Waals surface area contributed by atoms with E-state index in [-0.39, 0.29) is 11.3 Å². The number of amidine groups is 1. The molecular weight excluding hydrogens is 342 g/mol. The average molecular weight is 356 g/mol. The molecule has 0 saturated carbocycles. The number of hydrogen-bond acceptors (Lipinski definition) is 6. The van der Waals surface area contributed by atoms with E-state index in [1.54, 1.807) is 48.7 Å². The van der Waals surface area contributed by atoms with E-state index in [0.717, 1.165) is 0 Å². The number of halogens is 1. The molecule has 0 bridgehead atoms. The number of nitrogens with one attached hydrogen (secondary N) is 1. The number of methoxy groups -OCH3 is 1. The summed E-state index contributed by atoms with van der Waals surface area (Å²) in [5.74, 6) is -0.274. The summed E-state index contributed by atoms with van der Waals surface area (Å²) in [4.78, 5) is 32.7. The average Bonchev–Trinajstić information content (AvgIpc) is 2.67. The Balaban J connectivity index is 2.18. The van der Waals surface area contributed by atoms with E-state index in [2.05, 4.69) is 15.3 Å². The van der Waals surface area contributed by atoms with E-state index >= 15 is 0 Å². The van der Waals surface area contributed by atoms with Crippen molar-refractivity contribution in [1.82, 2.24) is 10.3 Å². The maximum absolute atomic E-state index is 12.3. The highest BCUT2D eigenvalue weighted by molar-refractivity contribution is 6.31. The number of pyridine rings is 1. The van der Waals surface area contributed by atoms with Crippen molar-refractivity contribution in [3.8, 4) is 0 Å².